The number of amides is 3. The van der Waals surface area contributed by atoms with Crippen LogP contribution in [0.3, 0.4) is 0 Å². The Kier molecular flexibility index (Phi) is 5.60. The molecule has 1 atom stereocenters. The van der Waals surface area contributed by atoms with Crippen molar-refractivity contribution in [2.45, 2.75) is 38.6 Å². The summed E-state index contributed by atoms with van der Waals surface area (Å²) in [4.78, 5) is 35.5. The topological polar surface area (TPSA) is 87.3 Å². The highest BCUT2D eigenvalue weighted by Crippen LogP contribution is 2.25. The van der Waals surface area contributed by atoms with Crippen LogP contribution in [0.2, 0.25) is 5.02 Å². The lowest BCUT2D eigenvalue weighted by Gasteiger charge is -2.21. The van der Waals surface area contributed by atoms with Crippen molar-refractivity contribution >= 4 is 29.3 Å². The van der Waals surface area contributed by atoms with E-state index in [4.69, 9.17) is 11.6 Å². The Balaban J connectivity index is 1.94. The fraction of sp³-hybridized carbons (Fsp3) is 0.438. The SMILES string of the molecule is CC(C)[C@H](C(=O)NNC(=O)C(=O)NC1CC1)c1ccc(Cl)cc1. The molecule has 0 spiro atoms. The Labute approximate surface area is 139 Å². The average molecular weight is 338 g/mol. The quantitative estimate of drug-likeness (QED) is 0.575. The lowest BCUT2D eigenvalue weighted by molar-refractivity contribution is -0.141. The molecule has 0 bridgehead atoms. The summed E-state index contributed by atoms with van der Waals surface area (Å²) in [6.45, 7) is 3.81. The lowest BCUT2D eigenvalue weighted by Crippen LogP contribution is -2.50. The highest BCUT2D eigenvalue weighted by molar-refractivity contribution is 6.35. The van der Waals surface area contributed by atoms with Crippen molar-refractivity contribution in [3.63, 3.8) is 0 Å². The minimum Gasteiger partial charge on any atom is -0.345 e. The molecule has 2 rings (SSSR count). The summed E-state index contributed by atoms with van der Waals surface area (Å²) in [7, 11) is 0. The largest absolute Gasteiger partial charge is 0.345 e. The van der Waals surface area contributed by atoms with Gasteiger partial charge in [-0.15, -0.1) is 0 Å². The number of hydrazine groups is 1. The van der Waals surface area contributed by atoms with Crippen molar-refractivity contribution in [2.75, 3.05) is 0 Å². The maximum Gasteiger partial charge on any atom is 0.327 e. The average Bonchev–Trinajstić information content (AvgIpc) is 3.30. The van der Waals surface area contributed by atoms with Crippen molar-refractivity contribution in [3.8, 4) is 0 Å². The molecule has 1 aliphatic rings. The molecule has 0 unspecified atom stereocenters. The molecule has 0 aromatic heterocycles. The van der Waals surface area contributed by atoms with Gasteiger partial charge in [-0.3, -0.25) is 25.2 Å². The second kappa shape index (κ2) is 7.46. The zero-order valence-corrected chi connectivity index (χ0v) is 13.8. The predicted octanol–water partition coefficient (Wildman–Crippen LogP) is 1.51. The van der Waals surface area contributed by atoms with Crippen molar-refractivity contribution < 1.29 is 14.4 Å². The fourth-order valence-electron chi connectivity index (χ4n) is 2.24. The number of rotatable bonds is 4. The summed E-state index contributed by atoms with van der Waals surface area (Å²) in [5.74, 6) is -2.44. The van der Waals surface area contributed by atoms with Crippen LogP contribution >= 0.6 is 11.6 Å². The lowest BCUT2D eigenvalue weighted by atomic mass is 9.88. The molecule has 1 aromatic rings. The first-order valence-electron chi connectivity index (χ1n) is 7.54. The summed E-state index contributed by atoms with van der Waals surface area (Å²) in [6, 6.07) is 7.05. The van der Waals surface area contributed by atoms with E-state index in [-0.39, 0.29) is 17.9 Å². The molecule has 3 N–H and O–H groups in total. The van der Waals surface area contributed by atoms with Crippen LogP contribution in [0.4, 0.5) is 0 Å². The van der Waals surface area contributed by atoms with E-state index >= 15 is 0 Å². The van der Waals surface area contributed by atoms with E-state index < -0.39 is 17.7 Å². The number of hydrogen-bond donors (Lipinski definition) is 3. The van der Waals surface area contributed by atoms with Gasteiger partial charge in [-0.25, -0.2) is 0 Å². The summed E-state index contributed by atoms with van der Waals surface area (Å²) >= 11 is 5.86. The minimum absolute atomic E-state index is 0.00775. The summed E-state index contributed by atoms with van der Waals surface area (Å²) < 4.78 is 0. The standard InChI is InChI=1S/C16H20ClN3O3/c1-9(2)13(10-3-5-11(17)6-4-10)14(21)19-20-16(23)15(22)18-12-7-8-12/h3-6,9,12-13H,7-8H2,1-2H3,(H,18,22)(H,19,21)(H,20,23)/t13-/m0/s1. The molecule has 0 aliphatic heterocycles. The molecule has 1 aromatic carbocycles. The highest BCUT2D eigenvalue weighted by Gasteiger charge is 2.28. The fourth-order valence-corrected chi connectivity index (χ4v) is 2.37. The van der Waals surface area contributed by atoms with Crippen LogP contribution in [0, 0.1) is 5.92 Å². The molecular weight excluding hydrogens is 318 g/mol. The molecule has 0 saturated heterocycles. The van der Waals surface area contributed by atoms with Crippen molar-refractivity contribution in [2.24, 2.45) is 5.92 Å². The Morgan fingerprint density at radius 2 is 1.65 bits per heavy atom. The number of benzene rings is 1. The zero-order chi connectivity index (χ0) is 17.0. The third-order valence-electron chi connectivity index (χ3n) is 3.60. The van der Waals surface area contributed by atoms with Gasteiger partial charge in [-0.2, -0.15) is 0 Å². The minimum atomic E-state index is -0.871. The van der Waals surface area contributed by atoms with Crippen LogP contribution < -0.4 is 16.2 Å². The van der Waals surface area contributed by atoms with Gasteiger partial charge < -0.3 is 5.32 Å². The van der Waals surface area contributed by atoms with Gasteiger partial charge in [0.1, 0.15) is 0 Å². The first-order chi connectivity index (χ1) is 10.9. The third-order valence-corrected chi connectivity index (χ3v) is 3.85. The molecule has 1 saturated carbocycles. The van der Waals surface area contributed by atoms with E-state index in [0.29, 0.717) is 5.02 Å². The van der Waals surface area contributed by atoms with Crippen LogP contribution in [0.5, 0.6) is 0 Å². The Morgan fingerprint density at radius 3 is 2.17 bits per heavy atom. The Morgan fingerprint density at radius 1 is 1.04 bits per heavy atom. The molecule has 124 valence electrons. The van der Waals surface area contributed by atoms with E-state index in [1.807, 2.05) is 13.8 Å². The van der Waals surface area contributed by atoms with Crippen molar-refractivity contribution in [1.82, 2.24) is 16.2 Å². The predicted molar refractivity (Wildman–Crippen MR) is 86.5 cm³/mol. The van der Waals surface area contributed by atoms with E-state index in [1.54, 1.807) is 24.3 Å². The molecule has 7 heteroatoms. The van der Waals surface area contributed by atoms with Crippen LogP contribution in [0.15, 0.2) is 24.3 Å². The first kappa shape index (κ1) is 17.3. The summed E-state index contributed by atoms with van der Waals surface area (Å²) in [6.07, 6.45) is 1.77. The first-order valence-corrected chi connectivity index (χ1v) is 7.92. The monoisotopic (exact) mass is 337 g/mol. The van der Waals surface area contributed by atoms with Gasteiger partial charge in [0.2, 0.25) is 5.91 Å². The third kappa shape index (κ3) is 4.96. The van der Waals surface area contributed by atoms with Crippen molar-refractivity contribution in [3.05, 3.63) is 34.9 Å². The van der Waals surface area contributed by atoms with Crippen LogP contribution in [0.1, 0.15) is 38.2 Å². The summed E-state index contributed by atoms with van der Waals surface area (Å²) in [5.41, 5.74) is 5.26. The zero-order valence-electron chi connectivity index (χ0n) is 13.1. The maximum absolute atomic E-state index is 12.3. The molecule has 0 heterocycles. The number of carbonyl (C=O) groups is 3. The van der Waals surface area contributed by atoms with Gasteiger partial charge in [0.25, 0.3) is 0 Å². The van der Waals surface area contributed by atoms with E-state index in [1.165, 1.54) is 0 Å². The normalized spacial score (nSPS) is 15.0. The second-order valence-electron chi connectivity index (χ2n) is 5.96. The molecule has 1 fully saturated rings. The Hall–Kier alpha value is -2.08. The van der Waals surface area contributed by atoms with Gasteiger partial charge in [-0.1, -0.05) is 37.6 Å². The number of carbonyl (C=O) groups excluding carboxylic acids is 3. The van der Waals surface area contributed by atoms with Gasteiger partial charge in [-0.05, 0) is 36.5 Å². The second-order valence-corrected chi connectivity index (χ2v) is 6.40. The van der Waals surface area contributed by atoms with Gasteiger partial charge >= 0.3 is 11.8 Å². The molecule has 3 amide bonds. The number of hydrogen-bond acceptors (Lipinski definition) is 3. The van der Waals surface area contributed by atoms with Gasteiger partial charge in [0.05, 0.1) is 5.92 Å². The molecule has 6 nitrogen and oxygen atoms in total. The van der Waals surface area contributed by atoms with Crippen molar-refractivity contribution in [1.29, 1.82) is 0 Å². The smallest absolute Gasteiger partial charge is 0.327 e. The van der Waals surface area contributed by atoms with Gasteiger partial charge in [0, 0.05) is 11.1 Å². The molecule has 23 heavy (non-hydrogen) atoms. The molecule has 0 radical (unpaired) electrons. The van der Waals surface area contributed by atoms with E-state index in [0.717, 1.165) is 18.4 Å². The van der Waals surface area contributed by atoms with Gasteiger partial charge in [0.15, 0.2) is 0 Å². The number of halogens is 1. The van der Waals surface area contributed by atoms with E-state index in [2.05, 4.69) is 16.2 Å². The summed E-state index contributed by atoms with van der Waals surface area (Å²) in [5, 5.41) is 3.14. The molecule has 1 aliphatic carbocycles. The Bertz CT molecular complexity index is 597. The van der Waals surface area contributed by atoms with E-state index in [9.17, 15) is 14.4 Å². The molecular formula is C16H20ClN3O3. The van der Waals surface area contributed by atoms with Crippen LogP contribution in [0.25, 0.3) is 0 Å². The van der Waals surface area contributed by atoms with Crippen LogP contribution in [-0.4, -0.2) is 23.8 Å². The number of nitrogens with one attached hydrogen (secondary N) is 3. The maximum atomic E-state index is 12.3. The highest BCUT2D eigenvalue weighted by atomic mass is 35.5. The van der Waals surface area contributed by atoms with Crippen LogP contribution in [-0.2, 0) is 14.4 Å².